The highest BCUT2D eigenvalue weighted by atomic mass is 32.2. The smallest absolute Gasteiger partial charge is 0.240 e. The molecule has 0 fully saturated rings. The first-order chi connectivity index (χ1) is 8.54. The number of nitrogens with one attached hydrogen (secondary N) is 2. The van der Waals surface area contributed by atoms with E-state index < -0.39 is 10.0 Å². The van der Waals surface area contributed by atoms with Gasteiger partial charge >= 0.3 is 0 Å². The maximum Gasteiger partial charge on any atom is 0.240 e. The Hall–Kier alpha value is -1.66. The molecule has 18 heavy (non-hydrogen) atoms. The fourth-order valence-electron chi connectivity index (χ4n) is 1.80. The number of rotatable bonds is 4. The van der Waals surface area contributed by atoms with Crippen LogP contribution in [0.3, 0.4) is 0 Å². The van der Waals surface area contributed by atoms with Gasteiger partial charge in [-0.15, -0.1) is 0 Å². The Balaban J connectivity index is 2.43. The lowest BCUT2D eigenvalue weighted by molar-refractivity contribution is 0.584. The molecule has 0 saturated heterocycles. The van der Waals surface area contributed by atoms with E-state index in [0.29, 0.717) is 6.54 Å². The average Bonchev–Trinajstić information content (AvgIpc) is 2.82. The molecule has 0 amide bonds. The third-order valence-electron chi connectivity index (χ3n) is 2.65. The summed E-state index contributed by atoms with van der Waals surface area (Å²) in [5, 5.41) is 6.62. The average molecular weight is 265 g/mol. The number of aryl methyl sites for hydroxylation is 1. The molecule has 0 aliphatic heterocycles. The number of hydrogen-bond acceptors (Lipinski definition) is 3. The largest absolute Gasteiger partial charge is 0.285 e. The highest BCUT2D eigenvalue weighted by Crippen LogP contribution is 2.24. The van der Waals surface area contributed by atoms with Crippen LogP contribution in [0.15, 0.2) is 35.5 Å². The fourth-order valence-corrected chi connectivity index (χ4v) is 2.92. The van der Waals surface area contributed by atoms with Gasteiger partial charge in [-0.2, -0.15) is 5.10 Å². The molecule has 0 atom stereocenters. The Bertz CT molecular complexity index is 633. The van der Waals surface area contributed by atoms with E-state index in [2.05, 4.69) is 14.9 Å². The summed E-state index contributed by atoms with van der Waals surface area (Å²) in [6.45, 7) is 4.02. The van der Waals surface area contributed by atoms with Crippen molar-refractivity contribution in [1.82, 2.24) is 14.9 Å². The topological polar surface area (TPSA) is 74.8 Å². The molecule has 5 nitrogen and oxygen atoms in total. The zero-order valence-electron chi connectivity index (χ0n) is 10.3. The number of nitrogens with zero attached hydrogens (tertiary/aromatic N) is 1. The monoisotopic (exact) mass is 265 g/mol. The van der Waals surface area contributed by atoms with Crippen LogP contribution in [0.2, 0.25) is 0 Å². The van der Waals surface area contributed by atoms with Crippen LogP contribution in [0.25, 0.3) is 11.1 Å². The Labute approximate surface area is 106 Å². The number of aromatic amines is 1. The number of hydrogen-bond donors (Lipinski definition) is 2. The van der Waals surface area contributed by atoms with E-state index in [1.54, 1.807) is 37.5 Å². The third-order valence-corrected chi connectivity index (χ3v) is 4.20. The first kappa shape index (κ1) is 12.8. The van der Waals surface area contributed by atoms with Crippen LogP contribution in [-0.2, 0) is 10.0 Å². The zero-order valence-corrected chi connectivity index (χ0v) is 11.1. The molecular formula is C12H15N3O2S. The minimum atomic E-state index is -3.39. The van der Waals surface area contributed by atoms with E-state index in [0.717, 1.165) is 16.7 Å². The van der Waals surface area contributed by atoms with Gasteiger partial charge in [0, 0.05) is 18.3 Å². The molecule has 2 aromatic rings. The normalized spacial score (nSPS) is 11.7. The van der Waals surface area contributed by atoms with Gasteiger partial charge < -0.3 is 0 Å². The summed E-state index contributed by atoms with van der Waals surface area (Å²) in [6, 6.07) is 5.07. The molecule has 1 heterocycles. The predicted molar refractivity (Wildman–Crippen MR) is 69.6 cm³/mol. The molecule has 0 bridgehead atoms. The summed E-state index contributed by atoms with van der Waals surface area (Å²) in [5.41, 5.74) is 2.81. The standard InChI is InChI=1S/C12H15N3O2S/c1-3-15-18(16,17)11-4-5-12(9(2)6-11)10-7-13-14-8-10/h4-8,15H,3H2,1-2H3,(H,13,14). The van der Waals surface area contributed by atoms with Crippen molar-refractivity contribution in [2.24, 2.45) is 0 Å². The highest BCUT2D eigenvalue weighted by Gasteiger charge is 2.14. The third kappa shape index (κ3) is 2.44. The molecule has 1 aromatic heterocycles. The van der Waals surface area contributed by atoms with Crippen molar-refractivity contribution in [3.63, 3.8) is 0 Å². The van der Waals surface area contributed by atoms with Crippen molar-refractivity contribution in [3.8, 4) is 11.1 Å². The van der Waals surface area contributed by atoms with Crippen molar-refractivity contribution >= 4 is 10.0 Å². The van der Waals surface area contributed by atoms with Crippen LogP contribution < -0.4 is 4.72 Å². The van der Waals surface area contributed by atoms with Gasteiger partial charge in [-0.05, 0) is 30.2 Å². The minimum absolute atomic E-state index is 0.286. The van der Waals surface area contributed by atoms with Gasteiger partial charge in [0.05, 0.1) is 11.1 Å². The number of benzene rings is 1. The fraction of sp³-hybridized carbons (Fsp3) is 0.250. The molecule has 0 radical (unpaired) electrons. The van der Waals surface area contributed by atoms with Gasteiger partial charge in [0.2, 0.25) is 10.0 Å². The lowest BCUT2D eigenvalue weighted by Crippen LogP contribution is -2.23. The Morgan fingerprint density at radius 1 is 1.39 bits per heavy atom. The predicted octanol–water partition coefficient (Wildman–Crippen LogP) is 1.68. The maximum atomic E-state index is 11.9. The van der Waals surface area contributed by atoms with Crippen LogP contribution in [0.4, 0.5) is 0 Å². The molecular weight excluding hydrogens is 250 g/mol. The number of H-pyrrole nitrogens is 1. The SMILES string of the molecule is CCNS(=O)(=O)c1ccc(-c2cn[nH]c2)c(C)c1. The van der Waals surface area contributed by atoms with Crippen LogP contribution in [0, 0.1) is 6.92 Å². The van der Waals surface area contributed by atoms with E-state index in [1.807, 2.05) is 6.92 Å². The zero-order chi connectivity index (χ0) is 13.2. The molecule has 0 saturated carbocycles. The second kappa shape index (κ2) is 4.91. The van der Waals surface area contributed by atoms with Crippen LogP contribution >= 0.6 is 0 Å². The second-order valence-electron chi connectivity index (χ2n) is 3.97. The van der Waals surface area contributed by atoms with Gasteiger partial charge in [-0.3, -0.25) is 5.10 Å². The van der Waals surface area contributed by atoms with Crippen LogP contribution in [0.5, 0.6) is 0 Å². The van der Waals surface area contributed by atoms with Gasteiger partial charge in [-0.25, -0.2) is 13.1 Å². The number of aromatic nitrogens is 2. The molecule has 6 heteroatoms. The van der Waals surface area contributed by atoms with E-state index in [-0.39, 0.29) is 4.90 Å². The van der Waals surface area contributed by atoms with Crippen molar-refractivity contribution in [2.75, 3.05) is 6.54 Å². The Morgan fingerprint density at radius 2 is 2.17 bits per heavy atom. The molecule has 0 aliphatic rings. The van der Waals surface area contributed by atoms with Crippen molar-refractivity contribution in [1.29, 1.82) is 0 Å². The van der Waals surface area contributed by atoms with E-state index >= 15 is 0 Å². The minimum Gasteiger partial charge on any atom is -0.285 e. The summed E-state index contributed by atoms with van der Waals surface area (Å²) in [5.74, 6) is 0. The van der Waals surface area contributed by atoms with Crippen molar-refractivity contribution in [3.05, 3.63) is 36.2 Å². The van der Waals surface area contributed by atoms with Gasteiger partial charge in [0.25, 0.3) is 0 Å². The first-order valence-corrected chi connectivity index (χ1v) is 7.12. The number of sulfonamides is 1. The van der Waals surface area contributed by atoms with Crippen molar-refractivity contribution in [2.45, 2.75) is 18.7 Å². The molecule has 0 aliphatic carbocycles. The Morgan fingerprint density at radius 3 is 2.72 bits per heavy atom. The molecule has 0 spiro atoms. The van der Waals surface area contributed by atoms with Crippen LogP contribution in [-0.4, -0.2) is 25.2 Å². The molecule has 96 valence electrons. The highest BCUT2D eigenvalue weighted by molar-refractivity contribution is 7.89. The summed E-state index contributed by atoms with van der Waals surface area (Å²) in [7, 11) is -3.39. The lowest BCUT2D eigenvalue weighted by atomic mass is 10.0. The molecule has 2 rings (SSSR count). The quantitative estimate of drug-likeness (QED) is 0.883. The summed E-state index contributed by atoms with van der Waals surface area (Å²) in [6.07, 6.45) is 3.49. The van der Waals surface area contributed by atoms with Gasteiger partial charge in [-0.1, -0.05) is 13.0 Å². The molecule has 2 N–H and O–H groups in total. The van der Waals surface area contributed by atoms with E-state index in [9.17, 15) is 8.42 Å². The van der Waals surface area contributed by atoms with E-state index in [4.69, 9.17) is 0 Å². The van der Waals surface area contributed by atoms with Gasteiger partial charge in [0.1, 0.15) is 0 Å². The first-order valence-electron chi connectivity index (χ1n) is 5.64. The summed E-state index contributed by atoms with van der Waals surface area (Å²) in [4.78, 5) is 0.286. The van der Waals surface area contributed by atoms with Crippen molar-refractivity contribution < 1.29 is 8.42 Å². The van der Waals surface area contributed by atoms with Gasteiger partial charge in [0.15, 0.2) is 0 Å². The summed E-state index contributed by atoms with van der Waals surface area (Å²) >= 11 is 0. The maximum absolute atomic E-state index is 11.9. The molecule has 0 unspecified atom stereocenters. The van der Waals surface area contributed by atoms with E-state index in [1.165, 1.54) is 0 Å². The lowest BCUT2D eigenvalue weighted by Gasteiger charge is -2.08. The molecule has 1 aromatic carbocycles. The second-order valence-corrected chi connectivity index (χ2v) is 5.73. The van der Waals surface area contributed by atoms with Crippen LogP contribution in [0.1, 0.15) is 12.5 Å². The summed E-state index contributed by atoms with van der Waals surface area (Å²) < 4.78 is 26.2. The Kier molecular flexibility index (Phi) is 3.49.